The van der Waals surface area contributed by atoms with Gasteiger partial charge < -0.3 is 10.2 Å². The van der Waals surface area contributed by atoms with Gasteiger partial charge in [-0.25, -0.2) is 0 Å². The maximum absolute atomic E-state index is 12.1. The van der Waals surface area contributed by atoms with Crippen LogP contribution in [-0.2, 0) is 16.6 Å². The van der Waals surface area contributed by atoms with Crippen LogP contribution in [0, 0.1) is 0 Å². The molecule has 0 saturated heterocycles. The molecule has 110 valence electrons. The largest absolute Gasteiger partial charge is 0.507 e. The molecular weight excluding hydrogens is 256 g/mol. The molecule has 0 spiro atoms. The quantitative estimate of drug-likeness (QED) is 0.810. The molecule has 0 radical (unpaired) electrons. The number of aryl methyl sites for hydroxylation is 1. The monoisotopic (exact) mass is 278 g/mol. The molecule has 0 atom stereocenters. The number of carboxylic acids is 1. The first kappa shape index (κ1) is 16.2. The zero-order valence-corrected chi connectivity index (χ0v) is 12.5. The summed E-state index contributed by atoms with van der Waals surface area (Å²) in [5, 5.41) is 18.9. The molecule has 1 aromatic carbocycles. The van der Waals surface area contributed by atoms with E-state index < -0.39 is 5.97 Å². The van der Waals surface area contributed by atoms with Crippen molar-refractivity contribution in [3.05, 3.63) is 28.8 Å². The predicted octanol–water partition coefficient (Wildman–Crippen LogP) is 3.30. The van der Waals surface area contributed by atoms with Crippen LogP contribution in [0.5, 0.6) is 5.75 Å². The molecule has 20 heavy (non-hydrogen) atoms. The minimum Gasteiger partial charge on any atom is -0.507 e. The summed E-state index contributed by atoms with van der Waals surface area (Å²) in [5.74, 6) is -0.953. The fourth-order valence-electron chi connectivity index (χ4n) is 2.06. The molecule has 0 bridgehead atoms. The van der Waals surface area contributed by atoms with E-state index in [-0.39, 0.29) is 29.8 Å². The summed E-state index contributed by atoms with van der Waals surface area (Å²) in [7, 11) is 0. The Labute approximate surface area is 119 Å². The number of aliphatic carboxylic acids is 1. The van der Waals surface area contributed by atoms with Crippen molar-refractivity contribution in [3.63, 3.8) is 0 Å². The van der Waals surface area contributed by atoms with E-state index in [1.807, 2.05) is 27.7 Å². The first-order valence-corrected chi connectivity index (χ1v) is 6.78. The lowest BCUT2D eigenvalue weighted by molar-refractivity contribution is -0.136. The maximum Gasteiger partial charge on any atom is 0.303 e. The molecule has 0 aliphatic carbocycles. The number of hydrogen-bond acceptors (Lipinski definition) is 3. The predicted molar refractivity (Wildman–Crippen MR) is 77.4 cm³/mol. The van der Waals surface area contributed by atoms with Gasteiger partial charge in [0.25, 0.3) is 0 Å². The second-order valence-corrected chi connectivity index (χ2v) is 5.95. The van der Waals surface area contributed by atoms with Crippen molar-refractivity contribution in [3.8, 4) is 5.75 Å². The Kier molecular flexibility index (Phi) is 4.93. The minimum absolute atomic E-state index is 0.0210. The second-order valence-electron chi connectivity index (χ2n) is 5.95. The van der Waals surface area contributed by atoms with Gasteiger partial charge in [-0.3, -0.25) is 9.59 Å². The topological polar surface area (TPSA) is 74.6 Å². The summed E-state index contributed by atoms with van der Waals surface area (Å²) in [6.45, 7) is 7.81. The van der Waals surface area contributed by atoms with Gasteiger partial charge in [0.15, 0.2) is 5.78 Å². The number of phenols is 1. The molecule has 2 N–H and O–H groups in total. The van der Waals surface area contributed by atoms with Gasteiger partial charge in [-0.2, -0.15) is 0 Å². The Morgan fingerprint density at radius 2 is 1.75 bits per heavy atom. The van der Waals surface area contributed by atoms with Gasteiger partial charge in [0, 0.05) is 17.5 Å². The first-order chi connectivity index (χ1) is 9.16. The molecule has 0 fully saturated rings. The highest BCUT2D eigenvalue weighted by Crippen LogP contribution is 2.35. The lowest BCUT2D eigenvalue weighted by Gasteiger charge is -2.23. The van der Waals surface area contributed by atoms with Gasteiger partial charge in [0.05, 0.1) is 6.42 Å². The fraction of sp³-hybridized carbons (Fsp3) is 0.500. The number of aromatic hydroxyl groups is 1. The summed E-state index contributed by atoms with van der Waals surface area (Å²) >= 11 is 0. The lowest BCUT2D eigenvalue weighted by atomic mass is 9.83. The van der Waals surface area contributed by atoms with Gasteiger partial charge in [-0.1, -0.05) is 27.7 Å². The third kappa shape index (κ3) is 3.83. The Morgan fingerprint density at radius 3 is 2.20 bits per heavy atom. The van der Waals surface area contributed by atoms with Crippen molar-refractivity contribution < 1.29 is 19.8 Å². The molecule has 0 aliphatic heterocycles. The maximum atomic E-state index is 12.1. The number of rotatable bonds is 5. The van der Waals surface area contributed by atoms with E-state index in [0.29, 0.717) is 12.0 Å². The summed E-state index contributed by atoms with van der Waals surface area (Å²) in [4.78, 5) is 22.6. The Bertz CT molecular complexity index is 524. The van der Waals surface area contributed by atoms with E-state index in [0.717, 1.165) is 11.1 Å². The van der Waals surface area contributed by atoms with Crippen molar-refractivity contribution in [2.75, 3.05) is 0 Å². The minimum atomic E-state index is -0.983. The molecule has 1 aromatic rings. The second kappa shape index (κ2) is 6.07. The van der Waals surface area contributed by atoms with Crippen LogP contribution in [-0.4, -0.2) is 22.0 Å². The van der Waals surface area contributed by atoms with Crippen molar-refractivity contribution in [1.82, 2.24) is 0 Å². The number of benzene rings is 1. The average Bonchev–Trinajstić information content (AvgIpc) is 2.34. The highest BCUT2D eigenvalue weighted by Gasteiger charge is 2.22. The van der Waals surface area contributed by atoms with E-state index in [9.17, 15) is 14.7 Å². The van der Waals surface area contributed by atoms with Crippen LogP contribution >= 0.6 is 0 Å². The van der Waals surface area contributed by atoms with Crippen LogP contribution < -0.4 is 0 Å². The molecular formula is C16H22O4. The first-order valence-electron chi connectivity index (χ1n) is 6.78. The van der Waals surface area contributed by atoms with Gasteiger partial charge in [-0.05, 0) is 29.5 Å². The van der Waals surface area contributed by atoms with Crippen LogP contribution in [0.2, 0.25) is 0 Å². The van der Waals surface area contributed by atoms with Crippen LogP contribution in [0.4, 0.5) is 0 Å². The molecule has 4 heteroatoms. The third-order valence-electron chi connectivity index (χ3n) is 3.27. The van der Waals surface area contributed by atoms with E-state index in [4.69, 9.17) is 5.11 Å². The SMILES string of the molecule is CCc1cc(C(=O)CCC(=O)O)cc(C(C)(C)C)c1O. The molecule has 0 heterocycles. The van der Waals surface area contributed by atoms with Crippen LogP contribution in [0.3, 0.4) is 0 Å². The summed E-state index contributed by atoms with van der Waals surface area (Å²) < 4.78 is 0. The molecule has 0 aliphatic rings. The number of carbonyl (C=O) groups excluding carboxylic acids is 1. The van der Waals surface area contributed by atoms with Crippen molar-refractivity contribution in [2.24, 2.45) is 0 Å². The van der Waals surface area contributed by atoms with Gasteiger partial charge in [0.2, 0.25) is 0 Å². The molecule has 0 amide bonds. The van der Waals surface area contributed by atoms with E-state index in [1.54, 1.807) is 12.1 Å². The normalized spacial score (nSPS) is 11.4. The molecule has 0 unspecified atom stereocenters. The fourth-order valence-corrected chi connectivity index (χ4v) is 2.06. The van der Waals surface area contributed by atoms with Gasteiger partial charge >= 0.3 is 5.97 Å². The van der Waals surface area contributed by atoms with E-state index in [1.165, 1.54) is 0 Å². The Hall–Kier alpha value is -1.84. The van der Waals surface area contributed by atoms with Crippen molar-refractivity contribution in [1.29, 1.82) is 0 Å². The van der Waals surface area contributed by atoms with Crippen LogP contribution in [0.1, 0.15) is 62.0 Å². The molecule has 1 rings (SSSR count). The number of Topliss-reactive ketones (excluding diaryl/α,β-unsaturated/α-hetero) is 1. The van der Waals surface area contributed by atoms with E-state index >= 15 is 0 Å². The standard InChI is InChI=1S/C16H22O4/c1-5-10-8-11(13(17)6-7-14(18)19)9-12(15(10)20)16(2,3)4/h8-9,20H,5-7H2,1-4H3,(H,18,19). The van der Waals surface area contributed by atoms with Crippen molar-refractivity contribution >= 4 is 11.8 Å². The Balaban J connectivity index is 3.21. The number of ketones is 1. The van der Waals surface area contributed by atoms with Crippen LogP contribution in [0.15, 0.2) is 12.1 Å². The smallest absolute Gasteiger partial charge is 0.303 e. The van der Waals surface area contributed by atoms with Gasteiger partial charge in [0.1, 0.15) is 5.75 Å². The summed E-state index contributed by atoms with van der Waals surface area (Å²) in [6.07, 6.45) is 0.424. The molecule has 0 aromatic heterocycles. The lowest BCUT2D eigenvalue weighted by Crippen LogP contribution is -2.14. The number of hydrogen-bond donors (Lipinski definition) is 2. The highest BCUT2D eigenvalue weighted by atomic mass is 16.4. The van der Waals surface area contributed by atoms with E-state index in [2.05, 4.69) is 0 Å². The summed E-state index contributed by atoms with van der Waals surface area (Å²) in [5.41, 5.74) is 1.63. The number of carboxylic acid groups (broad SMARTS) is 1. The average molecular weight is 278 g/mol. The van der Waals surface area contributed by atoms with Crippen molar-refractivity contribution in [2.45, 2.75) is 52.4 Å². The zero-order chi connectivity index (χ0) is 15.5. The highest BCUT2D eigenvalue weighted by molar-refractivity contribution is 5.98. The number of carbonyl (C=O) groups is 2. The third-order valence-corrected chi connectivity index (χ3v) is 3.27. The Morgan fingerprint density at radius 1 is 1.15 bits per heavy atom. The molecule has 0 saturated carbocycles. The van der Waals surface area contributed by atoms with Gasteiger partial charge in [-0.15, -0.1) is 0 Å². The zero-order valence-electron chi connectivity index (χ0n) is 12.5. The van der Waals surface area contributed by atoms with Crippen LogP contribution in [0.25, 0.3) is 0 Å². The summed E-state index contributed by atoms with van der Waals surface area (Å²) in [6, 6.07) is 3.34. The molecule has 4 nitrogen and oxygen atoms in total. The number of phenolic OH excluding ortho intramolecular Hbond substituents is 1.